The fourth-order valence-electron chi connectivity index (χ4n) is 2.28. The maximum atomic E-state index is 11.9. The number of urea groups is 1. The van der Waals surface area contributed by atoms with Crippen LogP contribution in [0.1, 0.15) is 48.5 Å². The van der Waals surface area contributed by atoms with Crippen LogP contribution < -0.4 is 10.6 Å². The van der Waals surface area contributed by atoms with E-state index in [-0.39, 0.29) is 0 Å². The molecule has 5 heteroatoms. The van der Waals surface area contributed by atoms with Gasteiger partial charge in [-0.25, -0.2) is 9.59 Å². The molecule has 0 aromatic heterocycles. The van der Waals surface area contributed by atoms with Crippen LogP contribution in [0.2, 0.25) is 0 Å². The van der Waals surface area contributed by atoms with Gasteiger partial charge < -0.3 is 15.7 Å². The molecule has 5 nitrogen and oxygen atoms in total. The van der Waals surface area contributed by atoms with Crippen molar-refractivity contribution in [3.8, 4) is 0 Å². The van der Waals surface area contributed by atoms with Crippen molar-refractivity contribution in [1.82, 2.24) is 10.6 Å². The van der Waals surface area contributed by atoms with Gasteiger partial charge in [0.2, 0.25) is 0 Å². The second kappa shape index (κ2) is 7.50. The fourth-order valence-corrected chi connectivity index (χ4v) is 2.28. The van der Waals surface area contributed by atoms with Crippen molar-refractivity contribution in [3.63, 3.8) is 0 Å². The smallest absolute Gasteiger partial charge is 0.326 e. The van der Waals surface area contributed by atoms with Crippen LogP contribution in [0.4, 0.5) is 4.79 Å². The molecule has 0 aromatic rings. The lowest BCUT2D eigenvalue weighted by atomic mass is 9.85. The third kappa shape index (κ3) is 6.26. The molecule has 0 spiro atoms. The van der Waals surface area contributed by atoms with Crippen LogP contribution in [0.5, 0.6) is 0 Å². The normalized spacial score (nSPS) is 13.7. The van der Waals surface area contributed by atoms with Crippen molar-refractivity contribution in [2.75, 3.05) is 6.54 Å². The summed E-state index contributed by atoms with van der Waals surface area (Å²) in [5.74, 6) is 0.289. The summed E-state index contributed by atoms with van der Waals surface area (Å²) in [5, 5.41) is 14.5. The van der Waals surface area contributed by atoms with Crippen molar-refractivity contribution in [2.45, 2.75) is 54.5 Å². The summed E-state index contributed by atoms with van der Waals surface area (Å²) < 4.78 is 0. The number of amides is 2. The molecular formula is C15H30N2O3. The van der Waals surface area contributed by atoms with E-state index in [1.165, 1.54) is 0 Å². The SMILES string of the molecule is CC(C)C(CNC(=O)N[C@@H](C(=O)O)C(C)(C)C)C(C)C. The van der Waals surface area contributed by atoms with E-state index in [1.54, 1.807) is 20.8 Å². The third-order valence-corrected chi connectivity index (χ3v) is 3.60. The lowest BCUT2D eigenvalue weighted by molar-refractivity contribution is -0.141. The average Bonchev–Trinajstić information content (AvgIpc) is 2.22. The fraction of sp³-hybridized carbons (Fsp3) is 0.867. The molecule has 0 unspecified atom stereocenters. The van der Waals surface area contributed by atoms with Crippen LogP contribution in [-0.4, -0.2) is 29.7 Å². The Hall–Kier alpha value is -1.26. The van der Waals surface area contributed by atoms with E-state index in [9.17, 15) is 9.59 Å². The molecule has 0 radical (unpaired) electrons. The number of nitrogens with one attached hydrogen (secondary N) is 2. The van der Waals surface area contributed by atoms with Gasteiger partial charge >= 0.3 is 12.0 Å². The standard InChI is InChI=1S/C15H30N2O3/c1-9(2)11(10(3)4)8-16-14(20)17-12(13(18)19)15(5,6)7/h9-12H,8H2,1-7H3,(H,18,19)(H2,16,17,20)/t12-/m0/s1. The zero-order valence-corrected chi connectivity index (χ0v) is 13.8. The van der Waals surface area contributed by atoms with E-state index in [1.807, 2.05) is 0 Å². The molecule has 3 N–H and O–H groups in total. The van der Waals surface area contributed by atoms with Gasteiger partial charge in [0, 0.05) is 6.54 Å². The number of rotatable bonds is 6. The molecule has 0 aliphatic heterocycles. The molecule has 0 rings (SSSR count). The predicted octanol–water partition coefficient (Wildman–Crippen LogP) is 2.71. The van der Waals surface area contributed by atoms with Gasteiger partial charge in [-0.1, -0.05) is 48.5 Å². The second-order valence-electron chi connectivity index (χ2n) is 7.14. The minimum atomic E-state index is -1.02. The zero-order chi connectivity index (χ0) is 16.1. The Balaban J connectivity index is 4.52. The van der Waals surface area contributed by atoms with E-state index >= 15 is 0 Å². The van der Waals surface area contributed by atoms with Crippen molar-refractivity contribution >= 4 is 12.0 Å². The highest BCUT2D eigenvalue weighted by molar-refractivity contribution is 5.83. The summed E-state index contributed by atoms with van der Waals surface area (Å²) in [4.78, 5) is 23.1. The topological polar surface area (TPSA) is 78.4 Å². The number of hydrogen-bond donors (Lipinski definition) is 3. The van der Waals surface area contributed by atoms with E-state index in [2.05, 4.69) is 38.3 Å². The summed E-state index contributed by atoms with van der Waals surface area (Å²) in [6, 6.07) is -1.32. The highest BCUT2D eigenvalue weighted by atomic mass is 16.4. The monoisotopic (exact) mass is 286 g/mol. The summed E-state index contributed by atoms with van der Waals surface area (Å²) >= 11 is 0. The lowest BCUT2D eigenvalue weighted by Crippen LogP contribution is -2.53. The van der Waals surface area contributed by atoms with Crippen LogP contribution in [0.25, 0.3) is 0 Å². The van der Waals surface area contributed by atoms with E-state index < -0.39 is 23.5 Å². The molecule has 0 aliphatic rings. The van der Waals surface area contributed by atoms with Gasteiger partial charge in [-0.3, -0.25) is 0 Å². The highest BCUT2D eigenvalue weighted by Crippen LogP contribution is 2.20. The first kappa shape index (κ1) is 18.7. The number of carboxylic acid groups (broad SMARTS) is 1. The maximum absolute atomic E-state index is 11.9. The summed E-state index contributed by atoms with van der Waals surface area (Å²) in [6.07, 6.45) is 0. The average molecular weight is 286 g/mol. The minimum absolute atomic E-state index is 0.374. The van der Waals surface area contributed by atoms with Crippen LogP contribution in [-0.2, 0) is 4.79 Å². The molecule has 1 atom stereocenters. The van der Waals surface area contributed by atoms with Gasteiger partial charge in [-0.2, -0.15) is 0 Å². The molecule has 0 heterocycles. The van der Waals surface area contributed by atoms with E-state index in [0.29, 0.717) is 24.3 Å². The number of aliphatic carboxylic acids is 1. The number of carboxylic acids is 1. The molecule has 20 heavy (non-hydrogen) atoms. The van der Waals surface area contributed by atoms with E-state index in [4.69, 9.17) is 5.11 Å². The summed E-state index contributed by atoms with van der Waals surface area (Å²) in [5.41, 5.74) is -0.529. The zero-order valence-electron chi connectivity index (χ0n) is 13.8. The van der Waals surface area contributed by atoms with Gasteiger partial charge in [0.05, 0.1) is 0 Å². The molecule has 0 saturated heterocycles. The summed E-state index contributed by atoms with van der Waals surface area (Å²) in [6.45, 7) is 14.4. The number of carbonyl (C=O) groups is 2. The third-order valence-electron chi connectivity index (χ3n) is 3.60. The molecule has 0 bridgehead atoms. The Kier molecular flexibility index (Phi) is 7.03. The van der Waals surface area contributed by atoms with Crippen LogP contribution >= 0.6 is 0 Å². The minimum Gasteiger partial charge on any atom is -0.480 e. The molecular weight excluding hydrogens is 256 g/mol. The van der Waals surface area contributed by atoms with Gasteiger partial charge in [0.1, 0.15) is 6.04 Å². The van der Waals surface area contributed by atoms with Crippen LogP contribution in [0.3, 0.4) is 0 Å². The van der Waals surface area contributed by atoms with Crippen LogP contribution in [0, 0.1) is 23.2 Å². The Bertz CT molecular complexity index is 325. The first-order valence-corrected chi connectivity index (χ1v) is 7.24. The first-order chi connectivity index (χ1) is 8.96. The second-order valence-corrected chi connectivity index (χ2v) is 7.14. The Morgan fingerprint density at radius 2 is 1.50 bits per heavy atom. The summed E-state index contributed by atoms with van der Waals surface area (Å²) in [7, 11) is 0. The quantitative estimate of drug-likeness (QED) is 0.702. The lowest BCUT2D eigenvalue weighted by Gasteiger charge is -2.29. The van der Waals surface area contributed by atoms with E-state index in [0.717, 1.165) is 0 Å². The number of hydrogen-bond acceptors (Lipinski definition) is 2. The Morgan fingerprint density at radius 1 is 1.05 bits per heavy atom. The number of carbonyl (C=O) groups excluding carboxylic acids is 1. The maximum Gasteiger partial charge on any atom is 0.326 e. The van der Waals surface area contributed by atoms with Crippen LogP contribution in [0.15, 0.2) is 0 Å². The van der Waals surface area contributed by atoms with Crippen molar-refractivity contribution in [1.29, 1.82) is 0 Å². The largest absolute Gasteiger partial charge is 0.480 e. The Labute approximate surface area is 122 Å². The first-order valence-electron chi connectivity index (χ1n) is 7.24. The highest BCUT2D eigenvalue weighted by Gasteiger charge is 2.32. The molecule has 0 aromatic carbocycles. The van der Waals surface area contributed by atoms with Gasteiger partial charge in [-0.15, -0.1) is 0 Å². The Morgan fingerprint density at radius 3 is 1.80 bits per heavy atom. The van der Waals surface area contributed by atoms with Crippen molar-refractivity contribution in [2.24, 2.45) is 23.2 Å². The molecule has 0 fully saturated rings. The molecule has 2 amide bonds. The molecule has 0 aliphatic carbocycles. The van der Waals surface area contributed by atoms with Crippen molar-refractivity contribution < 1.29 is 14.7 Å². The van der Waals surface area contributed by atoms with Gasteiger partial charge in [0.25, 0.3) is 0 Å². The molecule has 0 saturated carbocycles. The van der Waals surface area contributed by atoms with Gasteiger partial charge in [0.15, 0.2) is 0 Å². The van der Waals surface area contributed by atoms with Gasteiger partial charge in [-0.05, 0) is 23.2 Å². The van der Waals surface area contributed by atoms with Crippen molar-refractivity contribution in [3.05, 3.63) is 0 Å². The molecule has 118 valence electrons. The predicted molar refractivity (Wildman–Crippen MR) is 80.6 cm³/mol.